The smallest absolute Gasteiger partial charge is 0.0294 e. The molecule has 3 aromatic carbocycles. The van der Waals surface area contributed by atoms with Crippen LogP contribution in [0, 0.1) is 6.92 Å². The third-order valence-electron chi connectivity index (χ3n) is 4.44. The van der Waals surface area contributed by atoms with E-state index in [0.717, 1.165) is 6.54 Å². The van der Waals surface area contributed by atoms with Gasteiger partial charge >= 0.3 is 0 Å². The molecule has 126 valence electrons. The first-order chi connectivity index (χ1) is 12.2. The van der Waals surface area contributed by atoms with Gasteiger partial charge in [-0.3, -0.25) is 0 Å². The Morgan fingerprint density at radius 2 is 1.48 bits per heavy atom. The first-order valence-electron chi connectivity index (χ1n) is 8.85. The van der Waals surface area contributed by atoms with Gasteiger partial charge in [0.15, 0.2) is 0 Å². The topological polar surface area (TPSA) is 12.0 Å². The Kier molecular flexibility index (Phi) is 5.81. The van der Waals surface area contributed by atoms with E-state index in [4.69, 9.17) is 0 Å². The van der Waals surface area contributed by atoms with E-state index in [2.05, 4.69) is 110 Å². The van der Waals surface area contributed by atoms with Crippen LogP contribution in [0.3, 0.4) is 0 Å². The highest BCUT2D eigenvalue weighted by Gasteiger charge is 2.06. The standard InChI is InChI=1S/C24H25N/c1-19-10-9-15-23(18-19)24(22-13-7-4-8-14-22)16-17-25-20(2)21-11-5-3-6-12-21/h3-16,18,20,25H,17H2,1-2H3/b24-16+/t20-/m1/s1. The quantitative estimate of drug-likeness (QED) is 0.605. The molecule has 1 heteroatoms. The van der Waals surface area contributed by atoms with Crippen molar-refractivity contribution in [2.24, 2.45) is 0 Å². The lowest BCUT2D eigenvalue weighted by atomic mass is 9.96. The lowest BCUT2D eigenvalue weighted by Crippen LogP contribution is -2.18. The van der Waals surface area contributed by atoms with Crippen LogP contribution in [-0.4, -0.2) is 6.54 Å². The van der Waals surface area contributed by atoms with Crippen LogP contribution in [0.4, 0.5) is 0 Å². The summed E-state index contributed by atoms with van der Waals surface area (Å²) in [6.07, 6.45) is 2.30. The number of hydrogen-bond acceptors (Lipinski definition) is 1. The molecule has 0 amide bonds. The summed E-state index contributed by atoms with van der Waals surface area (Å²) >= 11 is 0. The van der Waals surface area contributed by atoms with Crippen LogP contribution in [0.5, 0.6) is 0 Å². The van der Waals surface area contributed by atoms with Crippen LogP contribution >= 0.6 is 0 Å². The van der Waals surface area contributed by atoms with Gasteiger partial charge in [-0.2, -0.15) is 0 Å². The summed E-state index contributed by atoms with van der Waals surface area (Å²) in [5, 5.41) is 3.61. The molecular weight excluding hydrogens is 302 g/mol. The van der Waals surface area contributed by atoms with Crippen LogP contribution < -0.4 is 5.32 Å². The Morgan fingerprint density at radius 1 is 0.840 bits per heavy atom. The average molecular weight is 327 g/mol. The van der Waals surface area contributed by atoms with E-state index in [1.807, 2.05) is 0 Å². The number of aryl methyl sites for hydroxylation is 1. The van der Waals surface area contributed by atoms with Gasteiger partial charge < -0.3 is 5.32 Å². The molecule has 0 bridgehead atoms. The molecule has 0 aromatic heterocycles. The molecule has 1 atom stereocenters. The maximum Gasteiger partial charge on any atom is 0.0294 e. The van der Waals surface area contributed by atoms with Gasteiger partial charge in [0.1, 0.15) is 0 Å². The Morgan fingerprint density at radius 3 is 2.16 bits per heavy atom. The number of nitrogens with one attached hydrogen (secondary N) is 1. The molecule has 0 saturated carbocycles. The van der Waals surface area contributed by atoms with E-state index in [-0.39, 0.29) is 0 Å². The molecule has 0 aliphatic carbocycles. The maximum absolute atomic E-state index is 3.61. The van der Waals surface area contributed by atoms with Crippen LogP contribution in [0.2, 0.25) is 0 Å². The third-order valence-corrected chi connectivity index (χ3v) is 4.44. The predicted molar refractivity (Wildman–Crippen MR) is 108 cm³/mol. The fourth-order valence-corrected chi connectivity index (χ4v) is 3.03. The van der Waals surface area contributed by atoms with Gasteiger partial charge in [0.05, 0.1) is 0 Å². The minimum absolute atomic E-state index is 0.326. The highest BCUT2D eigenvalue weighted by molar-refractivity contribution is 5.80. The Labute approximate surface area is 151 Å². The van der Waals surface area contributed by atoms with E-state index >= 15 is 0 Å². The van der Waals surface area contributed by atoms with Gasteiger partial charge in [-0.05, 0) is 36.1 Å². The zero-order chi connectivity index (χ0) is 17.5. The van der Waals surface area contributed by atoms with Crippen LogP contribution in [0.25, 0.3) is 5.57 Å². The second-order valence-electron chi connectivity index (χ2n) is 6.39. The summed E-state index contributed by atoms with van der Waals surface area (Å²) in [6, 6.07) is 30.2. The first kappa shape index (κ1) is 17.2. The molecule has 0 fully saturated rings. The normalized spacial score (nSPS) is 12.8. The number of benzene rings is 3. The monoisotopic (exact) mass is 327 g/mol. The summed E-state index contributed by atoms with van der Waals surface area (Å²) in [5.41, 5.74) is 6.39. The minimum atomic E-state index is 0.326. The highest BCUT2D eigenvalue weighted by atomic mass is 14.9. The van der Waals surface area contributed by atoms with Gasteiger partial charge in [-0.15, -0.1) is 0 Å². The van der Waals surface area contributed by atoms with E-state index in [0.29, 0.717) is 6.04 Å². The van der Waals surface area contributed by atoms with Crippen molar-refractivity contribution in [3.8, 4) is 0 Å². The molecule has 0 aliphatic rings. The Balaban J connectivity index is 1.81. The molecule has 0 unspecified atom stereocenters. The van der Waals surface area contributed by atoms with E-state index in [1.165, 1.54) is 27.8 Å². The van der Waals surface area contributed by atoms with Gasteiger partial charge in [0.2, 0.25) is 0 Å². The van der Waals surface area contributed by atoms with Crippen LogP contribution in [-0.2, 0) is 0 Å². The Hall–Kier alpha value is -2.64. The lowest BCUT2D eigenvalue weighted by Gasteiger charge is -2.14. The second-order valence-corrected chi connectivity index (χ2v) is 6.39. The SMILES string of the molecule is Cc1cccc(/C(=C/CN[C@H](C)c2ccccc2)c2ccccc2)c1. The van der Waals surface area contributed by atoms with Crippen molar-refractivity contribution in [1.29, 1.82) is 0 Å². The van der Waals surface area contributed by atoms with Gasteiger partial charge in [0.25, 0.3) is 0 Å². The molecule has 0 saturated heterocycles. The molecule has 0 heterocycles. The Bertz CT molecular complexity index is 819. The highest BCUT2D eigenvalue weighted by Crippen LogP contribution is 2.24. The fourth-order valence-electron chi connectivity index (χ4n) is 3.03. The maximum atomic E-state index is 3.61. The molecule has 0 aliphatic heterocycles. The van der Waals surface area contributed by atoms with E-state index in [9.17, 15) is 0 Å². The summed E-state index contributed by atoms with van der Waals surface area (Å²) in [6.45, 7) is 5.17. The molecular formula is C24H25N. The second kappa shape index (κ2) is 8.46. The fraction of sp³-hybridized carbons (Fsp3) is 0.167. The summed E-state index contributed by atoms with van der Waals surface area (Å²) in [4.78, 5) is 0. The lowest BCUT2D eigenvalue weighted by molar-refractivity contribution is 0.618. The predicted octanol–water partition coefficient (Wildman–Crippen LogP) is 5.78. The first-order valence-corrected chi connectivity index (χ1v) is 8.85. The molecule has 1 N–H and O–H groups in total. The molecule has 0 radical (unpaired) electrons. The van der Waals surface area contributed by atoms with Crippen molar-refractivity contribution in [3.63, 3.8) is 0 Å². The zero-order valence-corrected chi connectivity index (χ0v) is 14.9. The third kappa shape index (κ3) is 4.68. The molecule has 0 spiro atoms. The molecule has 3 aromatic rings. The van der Waals surface area contributed by atoms with E-state index in [1.54, 1.807) is 0 Å². The zero-order valence-electron chi connectivity index (χ0n) is 14.9. The van der Waals surface area contributed by atoms with Crippen molar-refractivity contribution in [2.75, 3.05) is 6.54 Å². The van der Waals surface area contributed by atoms with Gasteiger partial charge in [-0.1, -0.05) is 96.6 Å². The van der Waals surface area contributed by atoms with Crippen molar-refractivity contribution in [3.05, 3.63) is 113 Å². The molecule has 3 rings (SSSR count). The van der Waals surface area contributed by atoms with Crippen LogP contribution in [0.15, 0.2) is 91.0 Å². The summed E-state index contributed by atoms with van der Waals surface area (Å²) in [7, 11) is 0. The van der Waals surface area contributed by atoms with Crippen molar-refractivity contribution < 1.29 is 0 Å². The largest absolute Gasteiger partial charge is 0.307 e. The molecule has 25 heavy (non-hydrogen) atoms. The van der Waals surface area contributed by atoms with Gasteiger partial charge in [0, 0.05) is 12.6 Å². The van der Waals surface area contributed by atoms with Crippen LogP contribution in [0.1, 0.15) is 35.2 Å². The van der Waals surface area contributed by atoms with Crippen molar-refractivity contribution >= 4 is 5.57 Å². The number of rotatable bonds is 6. The average Bonchev–Trinajstić information content (AvgIpc) is 2.66. The number of hydrogen-bond donors (Lipinski definition) is 1. The van der Waals surface area contributed by atoms with Crippen molar-refractivity contribution in [2.45, 2.75) is 19.9 Å². The van der Waals surface area contributed by atoms with Crippen molar-refractivity contribution in [1.82, 2.24) is 5.32 Å². The summed E-state index contributed by atoms with van der Waals surface area (Å²) in [5.74, 6) is 0. The molecule has 1 nitrogen and oxygen atoms in total. The minimum Gasteiger partial charge on any atom is -0.307 e. The van der Waals surface area contributed by atoms with Gasteiger partial charge in [-0.25, -0.2) is 0 Å². The van der Waals surface area contributed by atoms with E-state index < -0.39 is 0 Å². The summed E-state index contributed by atoms with van der Waals surface area (Å²) < 4.78 is 0.